The second-order valence-corrected chi connectivity index (χ2v) is 22.7. The van der Waals surface area contributed by atoms with Crippen LogP contribution < -0.4 is 8.70 Å². The minimum atomic E-state index is -1.33. The van der Waals surface area contributed by atoms with Crippen LogP contribution in [0, 0.1) is 0 Å². The molecule has 0 saturated carbocycles. The molecule has 1 aromatic rings. The summed E-state index contributed by atoms with van der Waals surface area (Å²) in [6.45, 7) is 0. The van der Waals surface area contributed by atoms with E-state index in [1.165, 1.54) is 0 Å². The molecule has 2 heteroatoms. The zero-order valence-electron chi connectivity index (χ0n) is 9.03. The third-order valence-electron chi connectivity index (χ3n) is 4.22. The van der Waals surface area contributed by atoms with Gasteiger partial charge in [-0.3, -0.25) is 0 Å². The Morgan fingerprint density at radius 3 is 1.50 bits per heavy atom. The summed E-state index contributed by atoms with van der Waals surface area (Å²) in [4.78, 5) is 0. The van der Waals surface area contributed by atoms with E-state index in [1.54, 1.807) is 20.8 Å². The van der Waals surface area contributed by atoms with Crippen molar-refractivity contribution in [2.75, 3.05) is 0 Å². The summed E-state index contributed by atoms with van der Waals surface area (Å²) >= 11 is -2.65. The van der Waals surface area contributed by atoms with E-state index in [2.05, 4.69) is 35.7 Å². The van der Waals surface area contributed by atoms with E-state index >= 15 is 0 Å². The molecule has 3 aliphatic rings. The van der Waals surface area contributed by atoms with Crippen LogP contribution in [0.2, 0.25) is 32.3 Å². The predicted octanol–water partition coefficient (Wildman–Crippen LogP) is 2.29. The van der Waals surface area contributed by atoms with Gasteiger partial charge in [0.05, 0.1) is 0 Å². The molecule has 3 heterocycles. The summed E-state index contributed by atoms with van der Waals surface area (Å²) in [6, 6.07) is 9.49. The molecule has 1 saturated heterocycles. The molecule has 0 aromatic heterocycles. The fourth-order valence-corrected chi connectivity index (χ4v) is 38.6. The first kappa shape index (κ1) is 9.55. The van der Waals surface area contributed by atoms with Crippen molar-refractivity contribution in [2.45, 2.75) is 32.3 Å². The molecule has 0 aliphatic carbocycles. The van der Waals surface area contributed by atoms with Crippen molar-refractivity contribution < 1.29 is 0 Å². The molecular formula is C12H18As2+2. The third-order valence-corrected chi connectivity index (χ3v) is 25.1. The first-order chi connectivity index (χ1) is 6.64. The predicted molar refractivity (Wildman–Crippen MR) is 68.2 cm³/mol. The van der Waals surface area contributed by atoms with Gasteiger partial charge in [0, 0.05) is 0 Å². The summed E-state index contributed by atoms with van der Waals surface area (Å²) in [5.74, 6) is 0. The van der Waals surface area contributed by atoms with Gasteiger partial charge in [-0.25, -0.2) is 0 Å². The number of hydrogen-bond donors (Lipinski definition) is 0. The zero-order valence-corrected chi connectivity index (χ0v) is 12.8. The average molecular weight is 312 g/mol. The van der Waals surface area contributed by atoms with Crippen LogP contribution in [0.1, 0.15) is 0 Å². The molecular weight excluding hydrogens is 294 g/mol. The molecule has 74 valence electrons. The zero-order chi connectivity index (χ0) is 9.81. The SMILES string of the molecule is C[As+]12CC[As+](C)(CC1)c1ccccc12. The van der Waals surface area contributed by atoms with E-state index in [0.717, 1.165) is 0 Å². The van der Waals surface area contributed by atoms with Gasteiger partial charge in [-0.05, 0) is 0 Å². The Morgan fingerprint density at radius 1 is 0.786 bits per heavy atom. The molecule has 0 radical (unpaired) electrons. The van der Waals surface area contributed by atoms with Gasteiger partial charge in [0.25, 0.3) is 0 Å². The Morgan fingerprint density at radius 2 is 1.14 bits per heavy atom. The molecule has 0 atom stereocenters. The Bertz CT molecular complexity index is 339. The molecule has 0 unspecified atom stereocenters. The van der Waals surface area contributed by atoms with E-state index in [9.17, 15) is 0 Å². The maximum atomic E-state index is 2.65. The fourth-order valence-electron chi connectivity index (χ4n) is 2.97. The Hall–Kier alpha value is 0.337. The van der Waals surface area contributed by atoms with Crippen molar-refractivity contribution in [1.82, 2.24) is 0 Å². The van der Waals surface area contributed by atoms with Crippen molar-refractivity contribution >= 4 is 35.8 Å². The first-order valence-electron chi connectivity index (χ1n) is 5.43. The monoisotopic (exact) mass is 312 g/mol. The summed E-state index contributed by atoms with van der Waals surface area (Å²) in [5.41, 5.74) is 5.30. The van der Waals surface area contributed by atoms with Crippen LogP contribution in [-0.4, -0.2) is 27.1 Å². The molecule has 3 aliphatic heterocycles. The molecule has 0 N–H and O–H groups in total. The second kappa shape index (κ2) is 2.93. The van der Waals surface area contributed by atoms with Crippen LogP contribution in [0.4, 0.5) is 0 Å². The quantitative estimate of drug-likeness (QED) is 0.645. The molecule has 1 aromatic carbocycles. The summed E-state index contributed by atoms with van der Waals surface area (Å²) in [5, 5.41) is 6.55. The number of benzene rings is 1. The molecule has 0 spiro atoms. The first-order valence-corrected chi connectivity index (χ1v) is 16.4. The van der Waals surface area contributed by atoms with E-state index in [-0.39, 0.29) is 0 Å². The van der Waals surface area contributed by atoms with Gasteiger partial charge < -0.3 is 0 Å². The van der Waals surface area contributed by atoms with Crippen molar-refractivity contribution in [3.8, 4) is 0 Å². The van der Waals surface area contributed by atoms with Gasteiger partial charge >= 0.3 is 92.3 Å². The van der Waals surface area contributed by atoms with Gasteiger partial charge in [0.15, 0.2) is 0 Å². The number of rotatable bonds is 0. The Labute approximate surface area is 92.0 Å². The van der Waals surface area contributed by atoms with Gasteiger partial charge in [-0.2, -0.15) is 0 Å². The molecule has 4 rings (SSSR count). The van der Waals surface area contributed by atoms with Crippen molar-refractivity contribution in [1.29, 1.82) is 0 Å². The van der Waals surface area contributed by atoms with Crippen LogP contribution >= 0.6 is 0 Å². The van der Waals surface area contributed by atoms with Crippen LogP contribution in [0.3, 0.4) is 0 Å². The van der Waals surface area contributed by atoms with Gasteiger partial charge in [0.1, 0.15) is 0 Å². The normalized spacial score (nSPS) is 39.6. The van der Waals surface area contributed by atoms with Crippen molar-refractivity contribution in [3.05, 3.63) is 24.3 Å². The molecule has 1 fully saturated rings. The summed E-state index contributed by atoms with van der Waals surface area (Å²) < 4.78 is 3.77. The molecule has 14 heavy (non-hydrogen) atoms. The van der Waals surface area contributed by atoms with Gasteiger partial charge in [-0.1, -0.05) is 0 Å². The average Bonchev–Trinajstić information content (AvgIpc) is 2.22. The van der Waals surface area contributed by atoms with E-state index in [0.29, 0.717) is 0 Å². The molecule has 2 bridgehead atoms. The fraction of sp³-hybridized carbons (Fsp3) is 0.500. The number of fused-ring (bicyclic) bond motifs is 2. The van der Waals surface area contributed by atoms with Crippen LogP contribution in [0.15, 0.2) is 24.3 Å². The van der Waals surface area contributed by atoms with Crippen molar-refractivity contribution in [2.24, 2.45) is 0 Å². The topological polar surface area (TPSA) is 0 Å². The molecule has 0 nitrogen and oxygen atoms in total. The minimum absolute atomic E-state index is 1.33. The standard InChI is InChI=1S/C12H18As2/c1-13-7-9-14(2,10-8-13)12-6-4-3-5-11(12)13/h3-6H,7-10H2,1-2H3/q+2. The maximum absolute atomic E-state index is 2.65. The second-order valence-electron chi connectivity index (χ2n) is 5.17. The molecule has 0 amide bonds. The van der Waals surface area contributed by atoms with E-state index in [4.69, 9.17) is 0 Å². The summed E-state index contributed by atoms with van der Waals surface area (Å²) in [7, 11) is 0. The van der Waals surface area contributed by atoms with Crippen molar-refractivity contribution in [3.63, 3.8) is 0 Å². The van der Waals surface area contributed by atoms with E-state index < -0.39 is 27.1 Å². The summed E-state index contributed by atoms with van der Waals surface area (Å²) in [6.07, 6.45) is 0. The van der Waals surface area contributed by atoms with E-state index in [1.807, 2.05) is 8.70 Å². The van der Waals surface area contributed by atoms with Gasteiger partial charge in [-0.15, -0.1) is 0 Å². The Balaban J connectivity index is 2.28. The van der Waals surface area contributed by atoms with Gasteiger partial charge in [0.2, 0.25) is 0 Å². The van der Waals surface area contributed by atoms with Crippen LogP contribution in [0.5, 0.6) is 0 Å². The van der Waals surface area contributed by atoms with Crippen LogP contribution in [0.25, 0.3) is 0 Å². The number of hydrogen-bond acceptors (Lipinski definition) is 0. The van der Waals surface area contributed by atoms with Crippen LogP contribution in [-0.2, 0) is 0 Å². The Kier molecular flexibility index (Phi) is 2.00. The third kappa shape index (κ3) is 1.14.